The van der Waals surface area contributed by atoms with Crippen LogP contribution in [-0.2, 0) is 40.8 Å². The minimum absolute atomic E-state index is 0.0145. The Labute approximate surface area is 351 Å². The molecule has 0 aromatic heterocycles. The molecule has 8 atom stereocenters. The number of amides is 2. The molecule has 2 fully saturated rings. The number of benzene rings is 4. The van der Waals surface area contributed by atoms with E-state index in [-0.39, 0.29) is 44.2 Å². The number of ether oxygens (including phenoxy) is 5. The van der Waals surface area contributed by atoms with Gasteiger partial charge in [-0.3, -0.25) is 9.59 Å². The van der Waals surface area contributed by atoms with E-state index in [1.807, 2.05) is 60.7 Å². The molecule has 0 saturated carbocycles. The number of hydrogen-bond acceptors (Lipinski definition) is 13. The summed E-state index contributed by atoms with van der Waals surface area (Å²) < 4.78 is 30.7. The van der Waals surface area contributed by atoms with Crippen LogP contribution in [0.3, 0.4) is 0 Å². The molecule has 1 aliphatic carbocycles. The first kappa shape index (κ1) is 43.5. The molecule has 4 aromatic rings. The van der Waals surface area contributed by atoms with Gasteiger partial charge < -0.3 is 59.9 Å². The van der Waals surface area contributed by atoms with Crippen molar-refractivity contribution < 1.29 is 63.6 Å². The van der Waals surface area contributed by atoms with Crippen molar-refractivity contribution in [1.29, 1.82) is 0 Å². The van der Waals surface area contributed by atoms with Crippen molar-refractivity contribution >= 4 is 23.9 Å². The molecule has 4 aromatic carbocycles. The second kappa shape index (κ2) is 19.9. The van der Waals surface area contributed by atoms with E-state index < -0.39 is 73.3 Å². The van der Waals surface area contributed by atoms with Gasteiger partial charge in [-0.2, -0.15) is 0 Å². The summed E-state index contributed by atoms with van der Waals surface area (Å²) in [5.74, 6) is -2.80. The number of hydrogen-bond donors (Lipinski definition) is 7. The summed E-state index contributed by atoms with van der Waals surface area (Å²) in [6, 6.07) is 32.2. The highest BCUT2D eigenvalue weighted by molar-refractivity contribution is 5.95. The summed E-state index contributed by atoms with van der Waals surface area (Å²) in [5.41, 5.74) is 3.75. The molecular formula is C46H48N2O13. The van der Waals surface area contributed by atoms with Crippen molar-refractivity contribution in [3.05, 3.63) is 160 Å². The van der Waals surface area contributed by atoms with Gasteiger partial charge in [0.05, 0.1) is 25.4 Å². The van der Waals surface area contributed by atoms with E-state index in [2.05, 4.69) is 10.6 Å². The van der Waals surface area contributed by atoms with Crippen LogP contribution in [0.15, 0.2) is 127 Å². The number of esters is 1. The minimum atomic E-state index is -1.55. The highest BCUT2D eigenvalue weighted by atomic mass is 16.8. The molecule has 0 unspecified atom stereocenters. The molecule has 0 bridgehead atoms. The zero-order chi connectivity index (χ0) is 42.9. The maximum absolute atomic E-state index is 13.8. The van der Waals surface area contributed by atoms with Crippen molar-refractivity contribution in [2.45, 2.75) is 67.8 Å². The third-order valence-corrected chi connectivity index (χ3v) is 10.6. The Bertz CT molecular complexity index is 2140. The summed E-state index contributed by atoms with van der Waals surface area (Å²) in [4.78, 5) is 40.1. The monoisotopic (exact) mass is 836 g/mol. The Balaban J connectivity index is 1.06. The van der Waals surface area contributed by atoms with Crippen LogP contribution in [0.25, 0.3) is 6.08 Å². The molecule has 2 aliphatic heterocycles. The average molecular weight is 837 g/mol. The van der Waals surface area contributed by atoms with E-state index >= 15 is 0 Å². The first-order valence-electron chi connectivity index (χ1n) is 19.9. The summed E-state index contributed by atoms with van der Waals surface area (Å²) in [6.07, 6.45) is -4.41. The fourth-order valence-corrected chi connectivity index (χ4v) is 7.46. The highest BCUT2D eigenvalue weighted by Crippen LogP contribution is 2.47. The quantitative estimate of drug-likeness (QED) is 0.0854. The van der Waals surface area contributed by atoms with Crippen LogP contribution >= 0.6 is 0 Å². The van der Waals surface area contributed by atoms with E-state index in [9.17, 15) is 34.8 Å². The van der Waals surface area contributed by atoms with Gasteiger partial charge in [0.1, 0.15) is 42.7 Å². The maximum Gasteiger partial charge on any atom is 0.338 e. The Morgan fingerprint density at radius 1 is 0.770 bits per heavy atom. The molecule has 15 heteroatoms. The van der Waals surface area contributed by atoms with E-state index in [4.69, 9.17) is 28.8 Å². The molecule has 61 heavy (non-hydrogen) atoms. The van der Waals surface area contributed by atoms with Crippen LogP contribution in [0.1, 0.15) is 49.4 Å². The number of rotatable bonds is 15. The minimum Gasteiger partial charge on any atom is -0.456 e. The van der Waals surface area contributed by atoms with Crippen molar-refractivity contribution in [3.63, 3.8) is 0 Å². The summed E-state index contributed by atoms with van der Waals surface area (Å²) in [5, 5.41) is 54.2. The zero-order valence-corrected chi connectivity index (χ0v) is 33.0. The predicted molar refractivity (Wildman–Crippen MR) is 218 cm³/mol. The third kappa shape index (κ3) is 9.97. The molecule has 2 saturated heterocycles. The molecule has 0 radical (unpaired) electrons. The lowest BCUT2D eigenvalue weighted by atomic mass is 9.91. The number of fused-ring (bicyclic) bond motifs is 1. The molecule has 7 rings (SSSR count). The average Bonchev–Trinajstić information content (AvgIpc) is 3.71. The molecule has 2 amide bonds. The van der Waals surface area contributed by atoms with Crippen molar-refractivity contribution in [2.75, 3.05) is 26.4 Å². The molecule has 15 nitrogen and oxygen atoms in total. The topological polar surface area (TPSA) is 223 Å². The Morgan fingerprint density at radius 2 is 1.48 bits per heavy atom. The lowest BCUT2D eigenvalue weighted by Gasteiger charge is -2.39. The predicted octanol–water partition coefficient (Wildman–Crippen LogP) is 2.10. The van der Waals surface area contributed by atoms with Crippen LogP contribution < -0.4 is 10.6 Å². The van der Waals surface area contributed by atoms with Crippen molar-refractivity contribution in [3.8, 4) is 0 Å². The van der Waals surface area contributed by atoms with Gasteiger partial charge in [-0.15, -0.1) is 0 Å². The smallest absolute Gasteiger partial charge is 0.338 e. The Kier molecular flexibility index (Phi) is 14.2. The number of carbonyl (C=O) groups is 3. The second-order valence-corrected chi connectivity index (χ2v) is 14.8. The second-order valence-electron chi connectivity index (χ2n) is 14.8. The van der Waals surface area contributed by atoms with Gasteiger partial charge in [0.2, 0.25) is 11.7 Å². The zero-order valence-electron chi connectivity index (χ0n) is 33.0. The number of nitrogens with one attached hydrogen (secondary N) is 2. The van der Waals surface area contributed by atoms with Crippen LogP contribution in [0, 0.1) is 0 Å². The van der Waals surface area contributed by atoms with Gasteiger partial charge in [0.25, 0.3) is 5.91 Å². The molecule has 320 valence electrons. The Hall–Kier alpha value is -5.59. The molecule has 7 N–H and O–H groups in total. The molecular weight excluding hydrogens is 789 g/mol. The fourth-order valence-electron chi connectivity index (χ4n) is 7.46. The Morgan fingerprint density at radius 3 is 2.15 bits per heavy atom. The molecule has 3 aliphatic rings. The van der Waals surface area contributed by atoms with Gasteiger partial charge in [-0.25, -0.2) is 4.79 Å². The largest absolute Gasteiger partial charge is 0.456 e. The molecule has 2 heterocycles. The third-order valence-electron chi connectivity index (χ3n) is 10.6. The van der Waals surface area contributed by atoms with Crippen LogP contribution in [-0.4, -0.2) is 119 Å². The summed E-state index contributed by atoms with van der Waals surface area (Å²) >= 11 is 0. The maximum atomic E-state index is 13.8. The van der Waals surface area contributed by atoms with E-state index in [0.29, 0.717) is 33.4 Å². The van der Waals surface area contributed by atoms with E-state index in [1.54, 1.807) is 66.8 Å². The lowest BCUT2D eigenvalue weighted by molar-refractivity contribution is -0.298. The van der Waals surface area contributed by atoms with Crippen molar-refractivity contribution in [2.24, 2.45) is 0 Å². The normalized spacial score (nSPS) is 25.6. The first-order chi connectivity index (χ1) is 29.6. The van der Waals surface area contributed by atoms with Gasteiger partial charge in [-0.1, -0.05) is 97.1 Å². The first-order valence-corrected chi connectivity index (χ1v) is 19.9. The van der Waals surface area contributed by atoms with Gasteiger partial charge in [0, 0.05) is 41.8 Å². The lowest BCUT2D eigenvalue weighted by Crippen LogP contribution is -2.59. The van der Waals surface area contributed by atoms with Crippen molar-refractivity contribution in [1.82, 2.24) is 10.6 Å². The van der Waals surface area contributed by atoms with E-state index in [1.165, 1.54) is 0 Å². The molecule has 0 spiro atoms. The van der Waals surface area contributed by atoms with E-state index in [0.717, 1.165) is 0 Å². The van der Waals surface area contributed by atoms with Gasteiger partial charge in [0.15, 0.2) is 6.29 Å². The van der Waals surface area contributed by atoms with Gasteiger partial charge in [-0.05, 0) is 41.5 Å². The summed E-state index contributed by atoms with van der Waals surface area (Å²) in [7, 11) is 0. The summed E-state index contributed by atoms with van der Waals surface area (Å²) in [6.45, 7) is -0.582. The SMILES string of the molecule is O=C(NCc1cccc(C(=O)NCCO)c1)C1=C[C@H]2OC(c3ccccc3)(c3ccccc3)O[C@H]2[C@H](OC(=O)c2ccc(C=CCO[C@H]3O[C@H](CO)[C@H](O)[C@H](O)[C@H]3O)cc2)C1. The fraction of sp³-hybridized carbons (Fsp3) is 0.326. The number of aliphatic hydroxyl groups excluding tert-OH is 5. The highest BCUT2D eigenvalue weighted by Gasteiger charge is 2.55. The van der Waals surface area contributed by atoms with Gasteiger partial charge >= 0.3 is 5.97 Å². The van der Waals surface area contributed by atoms with Crippen LogP contribution in [0.2, 0.25) is 0 Å². The number of aliphatic hydroxyl groups is 5. The number of carbonyl (C=O) groups excluding carboxylic acids is 3. The van der Waals surface area contributed by atoms with Crippen LogP contribution in [0.4, 0.5) is 0 Å². The van der Waals surface area contributed by atoms with Crippen LogP contribution in [0.5, 0.6) is 0 Å². The standard InChI is InChI=1S/C46H48N2O13/c49-21-20-47-42(54)31-11-7-9-29(23-31)26-48-43(55)32-24-35(41-36(25-32)60-46(61-41,33-12-3-1-4-13-33)34-14-5-2-6-15-34)58-44(56)30-18-16-28(17-19-30)10-8-22-57-45-40(53)39(52)38(51)37(27-50)59-45/h1-19,23,25,35-41,45,49-53H,20-22,24,26-27H2,(H,47,54)(H,48,55)/t35-,36-,37-,38+,39+,40-,41+,45+/m1/s1.